The molecule has 0 saturated heterocycles. The summed E-state index contributed by atoms with van der Waals surface area (Å²) in [5, 5.41) is 20.7. The summed E-state index contributed by atoms with van der Waals surface area (Å²) in [6.45, 7) is 2.32. The van der Waals surface area contributed by atoms with Crippen molar-refractivity contribution in [3.8, 4) is 0 Å². The second kappa shape index (κ2) is 6.35. The van der Waals surface area contributed by atoms with Gasteiger partial charge in [-0.1, -0.05) is 0 Å². The maximum Gasteiger partial charge on any atom is 0.0555 e. The topological polar surface area (TPSA) is 52.5 Å². The molecule has 3 nitrogen and oxygen atoms in total. The van der Waals surface area contributed by atoms with Crippen molar-refractivity contribution < 1.29 is 10.2 Å². The van der Waals surface area contributed by atoms with E-state index in [1.165, 1.54) is 25.7 Å². The molecule has 13 heavy (non-hydrogen) atoms. The molecule has 0 amide bonds. The van der Waals surface area contributed by atoms with E-state index < -0.39 is 0 Å². The molecule has 3 heteroatoms. The van der Waals surface area contributed by atoms with E-state index >= 15 is 0 Å². The van der Waals surface area contributed by atoms with Crippen LogP contribution in [-0.2, 0) is 0 Å². The highest BCUT2D eigenvalue weighted by molar-refractivity contribution is 4.73. The Bertz CT molecular complexity index is 119. The van der Waals surface area contributed by atoms with E-state index in [0.717, 1.165) is 12.5 Å². The maximum absolute atomic E-state index is 8.94. The summed E-state index contributed by atoms with van der Waals surface area (Å²) in [7, 11) is 0. The molecule has 0 aromatic rings. The summed E-state index contributed by atoms with van der Waals surface area (Å²) in [6.07, 6.45) is 4.79. The van der Waals surface area contributed by atoms with Gasteiger partial charge in [0.25, 0.3) is 0 Å². The minimum atomic E-state index is 0.228. The summed E-state index contributed by atoms with van der Waals surface area (Å²) in [5.74, 6) is 1.31. The van der Waals surface area contributed by atoms with Crippen molar-refractivity contribution in [3.05, 3.63) is 0 Å². The molecule has 0 aliphatic heterocycles. The summed E-state index contributed by atoms with van der Waals surface area (Å²) in [5.41, 5.74) is 0. The van der Waals surface area contributed by atoms with Crippen LogP contribution in [0.4, 0.5) is 0 Å². The molecule has 0 aromatic carbocycles. The molecule has 1 rings (SSSR count). The van der Waals surface area contributed by atoms with Crippen LogP contribution in [0.3, 0.4) is 0 Å². The van der Waals surface area contributed by atoms with Crippen LogP contribution in [0.5, 0.6) is 0 Å². The largest absolute Gasteiger partial charge is 0.396 e. The molecule has 0 aromatic heterocycles. The van der Waals surface area contributed by atoms with Crippen LogP contribution in [0.2, 0.25) is 0 Å². The normalized spacial score (nSPS) is 29.1. The molecule has 1 aliphatic carbocycles. The number of rotatable bonds is 5. The third-order valence-electron chi connectivity index (χ3n) is 2.95. The van der Waals surface area contributed by atoms with Gasteiger partial charge in [0.2, 0.25) is 0 Å². The highest BCUT2D eigenvalue weighted by Gasteiger charge is 2.19. The van der Waals surface area contributed by atoms with Crippen LogP contribution in [0.25, 0.3) is 0 Å². The Kier molecular flexibility index (Phi) is 5.35. The van der Waals surface area contributed by atoms with Gasteiger partial charge in [0, 0.05) is 13.2 Å². The first-order valence-electron chi connectivity index (χ1n) is 5.29. The zero-order valence-electron chi connectivity index (χ0n) is 8.21. The van der Waals surface area contributed by atoms with Crippen molar-refractivity contribution in [1.29, 1.82) is 0 Å². The first-order chi connectivity index (χ1) is 6.36. The van der Waals surface area contributed by atoms with Crippen LogP contribution < -0.4 is 5.32 Å². The fourth-order valence-corrected chi connectivity index (χ4v) is 2.00. The van der Waals surface area contributed by atoms with Gasteiger partial charge in [-0.3, -0.25) is 0 Å². The van der Waals surface area contributed by atoms with Crippen molar-refractivity contribution in [2.45, 2.75) is 25.7 Å². The van der Waals surface area contributed by atoms with E-state index in [-0.39, 0.29) is 6.61 Å². The minimum Gasteiger partial charge on any atom is -0.396 e. The molecular weight excluding hydrogens is 166 g/mol. The number of aliphatic hydroxyl groups excluding tert-OH is 2. The Hall–Kier alpha value is -0.120. The van der Waals surface area contributed by atoms with Gasteiger partial charge in [0.15, 0.2) is 0 Å². The van der Waals surface area contributed by atoms with Crippen molar-refractivity contribution in [1.82, 2.24) is 5.32 Å². The lowest BCUT2D eigenvalue weighted by Gasteiger charge is -2.27. The SMILES string of the molecule is OCCNCC1CCC(CO)CC1. The Balaban J connectivity index is 2.03. The van der Waals surface area contributed by atoms with Crippen molar-refractivity contribution >= 4 is 0 Å². The van der Waals surface area contributed by atoms with Crippen LogP contribution in [0, 0.1) is 11.8 Å². The predicted molar refractivity (Wildman–Crippen MR) is 52.5 cm³/mol. The van der Waals surface area contributed by atoms with Gasteiger partial charge in [-0.25, -0.2) is 0 Å². The molecule has 1 aliphatic rings. The van der Waals surface area contributed by atoms with Gasteiger partial charge >= 0.3 is 0 Å². The molecule has 0 bridgehead atoms. The van der Waals surface area contributed by atoms with Gasteiger partial charge < -0.3 is 15.5 Å². The van der Waals surface area contributed by atoms with Crippen LogP contribution in [-0.4, -0.2) is 36.5 Å². The Morgan fingerprint density at radius 3 is 2.15 bits per heavy atom. The van der Waals surface area contributed by atoms with E-state index in [4.69, 9.17) is 10.2 Å². The van der Waals surface area contributed by atoms with E-state index in [1.807, 2.05) is 0 Å². The number of nitrogens with one attached hydrogen (secondary N) is 1. The smallest absolute Gasteiger partial charge is 0.0555 e. The fourth-order valence-electron chi connectivity index (χ4n) is 2.00. The van der Waals surface area contributed by atoms with Crippen molar-refractivity contribution in [3.63, 3.8) is 0 Å². The van der Waals surface area contributed by atoms with Gasteiger partial charge in [0.1, 0.15) is 0 Å². The Labute approximate surface area is 80.2 Å². The van der Waals surface area contributed by atoms with Crippen molar-refractivity contribution in [2.24, 2.45) is 11.8 Å². The summed E-state index contributed by atoms with van der Waals surface area (Å²) in [4.78, 5) is 0. The molecule has 1 saturated carbocycles. The fraction of sp³-hybridized carbons (Fsp3) is 1.00. The molecule has 0 heterocycles. The van der Waals surface area contributed by atoms with E-state index in [0.29, 0.717) is 19.1 Å². The average molecular weight is 187 g/mol. The highest BCUT2D eigenvalue weighted by Crippen LogP contribution is 2.27. The molecule has 0 spiro atoms. The van der Waals surface area contributed by atoms with Gasteiger partial charge in [-0.2, -0.15) is 0 Å². The molecular formula is C10H21NO2. The lowest BCUT2D eigenvalue weighted by atomic mass is 9.82. The van der Waals surface area contributed by atoms with Crippen LogP contribution in [0.1, 0.15) is 25.7 Å². The van der Waals surface area contributed by atoms with E-state index in [1.54, 1.807) is 0 Å². The van der Waals surface area contributed by atoms with E-state index in [9.17, 15) is 0 Å². The lowest BCUT2D eigenvalue weighted by molar-refractivity contribution is 0.165. The summed E-state index contributed by atoms with van der Waals surface area (Å²) < 4.78 is 0. The third-order valence-corrected chi connectivity index (χ3v) is 2.95. The van der Waals surface area contributed by atoms with Gasteiger partial charge in [-0.15, -0.1) is 0 Å². The second-order valence-electron chi connectivity index (χ2n) is 4.00. The second-order valence-corrected chi connectivity index (χ2v) is 4.00. The number of hydrogen-bond acceptors (Lipinski definition) is 3. The molecule has 0 atom stereocenters. The summed E-state index contributed by atoms with van der Waals surface area (Å²) in [6, 6.07) is 0. The quantitative estimate of drug-likeness (QED) is 0.545. The van der Waals surface area contributed by atoms with Crippen LogP contribution >= 0.6 is 0 Å². The number of hydrogen-bond donors (Lipinski definition) is 3. The highest BCUT2D eigenvalue weighted by atomic mass is 16.3. The van der Waals surface area contributed by atoms with E-state index in [2.05, 4.69) is 5.32 Å². The van der Waals surface area contributed by atoms with Crippen molar-refractivity contribution in [2.75, 3.05) is 26.3 Å². The summed E-state index contributed by atoms with van der Waals surface area (Å²) >= 11 is 0. The molecule has 0 unspecified atom stereocenters. The van der Waals surface area contributed by atoms with Gasteiger partial charge in [0.05, 0.1) is 6.61 Å². The zero-order chi connectivity index (χ0) is 9.52. The molecule has 0 radical (unpaired) electrons. The first kappa shape index (κ1) is 11.0. The third kappa shape index (κ3) is 4.07. The monoisotopic (exact) mass is 187 g/mol. The maximum atomic E-state index is 8.94. The number of aliphatic hydroxyl groups is 2. The van der Waals surface area contributed by atoms with Gasteiger partial charge in [-0.05, 0) is 44.1 Å². The Morgan fingerprint density at radius 1 is 1.00 bits per heavy atom. The zero-order valence-corrected chi connectivity index (χ0v) is 8.21. The average Bonchev–Trinajstić information content (AvgIpc) is 2.19. The molecule has 3 N–H and O–H groups in total. The predicted octanol–water partition coefficient (Wildman–Crippen LogP) is 0.367. The standard InChI is InChI=1S/C10H21NO2/c12-6-5-11-7-9-1-3-10(8-13)4-2-9/h9-13H,1-8H2. The van der Waals surface area contributed by atoms with Crippen LogP contribution in [0.15, 0.2) is 0 Å². The first-order valence-corrected chi connectivity index (χ1v) is 5.29. The molecule has 78 valence electrons. The Morgan fingerprint density at radius 2 is 1.62 bits per heavy atom. The lowest BCUT2D eigenvalue weighted by Crippen LogP contribution is -2.29. The molecule has 1 fully saturated rings. The minimum absolute atomic E-state index is 0.228.